The molecule has 124 valence electrons. The predicted molar refractivity (Wildman–Crippen MR) is 80.0 cm³/mol. The van der Waals surface area contributed by atoms with Crippen LogP contribution in [-0.2, 0) is 23.9 Å². The van der Waals surface area contributed by atoms with E-state index in [0.29, 0.717) is 25.7 Å². The minimum atomic E-state index is -0.574. The SMILES string of the molecule is CC(=O)O[C@H]1C[C@H](OC(=O)C(C)(C)C)[C@@]2(C)CCC(=O)C[C@H]12. The van der Waals surface area contributed by atoms with Gasteiger partial charge in [0.1, 0.15) is 18.0 Å². The Morgan fingerprint density at radius 3 is 2.41 bits per heavy atom. The fourth-order valence-corrected chi connectivity index (χ4v) is 3.61. The van der Waals surface area contributed by atoms with Gasteiger partial charge < -0.3 is 9.47 Å². The Balaban J connectivity index is 2.22. The molecule has 0 aromatic rings. The lowest BCUT2D eigenvalue weighted by atomic mass is 9.67. The minimum Gasteiger partial charge on any atom is -0.462 e. The van der Waals surface area contributed by atoms with Gasteiger partial charge in [0.05, 0.1) is 5.41 Å². The molecule has 2 saturated carbocycles. The summed E-state index contributed by atoms with van der Waals surface area (Å²) >= 11 is 0. The fourth-order valence-electron chi connectivity index (χ4n) is 3.61. The maximum atomic E-state index is 12.2. The predicted octanol–water partition coefficient (Wildman–Crippen LogP) is 2.66. The molecule has 0 N–H and O–H groups in total. The van der Waals surface area contributed by atoms with Crippen LogP contribution in [0.25, 0.3) is 0 Å². The van der Waals surface area contributed by atoms with E-state index in [9.17, 15) is 14.4 Å². The molecule has 0 unspecified atom stereocenters. The van der Waals surface area contributed by atoms with Gasteiger partial charge in [-0.05, 0) is 27.2 Å². The zero-order valence-corrected chi connectivity index (χ0v) is 14.1. The number of fused-ring (bicyclic) bond motifs is 1. The molecule has 2 aliphatic rings. The van der Waals surface area contributed by atoms with Gasteiger partial charge in [-0.25, -0.2) is 0 Å². The Morgan fingerprint density at radius 2 is 1.86 bits per heavy atom. The molecule has 0 heterocycles. The highest BCUT2D eigenvalue weighted by atomic mass is 16.6. The highest BCUT2D eigenvalue weighted by Crippen LogP contribution is 2.53. The molecule has 2 fully saturated rings. The molecule has 0 bridgehead atoms. The number of carbonyl (C=O) groups excluding carboxylic acids is 3. The maximum Gasteiger partial charge on any atom is 0.311 e. The Labute approximate surface area is 131 Å². The van der Waals surface area contributed by atoms with Gasteiger partial charge in [0.15, 0.2) is 0 Å². The number of carbonyl (C=O) groups is 3. The van der Waals surface area contributed by atoms with Crippen LogP contribution >= 0.6 is 0 Å². The van der Waals surface area contributed by atoms with E-state index in [1.807, 2.05) is 27.7 Å². The van der Waals surface area contributed by atoms with Gasteiger partial charge in [0.2, 0.25) is 0 Å². The van der Waals surface area contributed by atoms with Gasteiger partial charge in [-0.3, -0.25) is 14.4 Å². The molecule has 0 spiro atoms. The van der Waals surface area contributed by atoms with Gasteiger partial charge in [-0.2, -0.15) is 0 Å². The van der Waals surface area contributed by atoms with E-state index in [4.69, 9.17) is 9.47 Å². The van der Waals surface area contributed by atoms with E-state index >= 15 is 0 Å². The van der Waals surface area contributed by atoms with Crippen LogP contribution in [0.5, 0.6) is 0 Å². The van der Waals surface area contributed by atoms with Gasteiger partial charge in [-0.15, -0.1) is 0 Å². The molecule has 2 aliphatic carbocycles. The number of ketones is 1. The van der Waals surface area contributed by atoms with Crippen molar-refractivity contribution in [3.05, 3.63) is 0 Å². The van der Waals surface area contributed by atoms with Crippen molar-refractivity contribution in [1.82, 2.24) is 0 Å². The topological polar surface area (TPSA) is 69.7 Å². The summed E-state index contributed by atoms with van der Waals surface area (Å²) in [5, 5.41) is 0. The first-order chi connectivity index (χ1) is 10.0. The lowest BCUT2D eigenvalue weighted by Crippen LogP contribution is -2.42. The molecular weight excluding hydrogens is 284 g/mol. The van der Waals surface area contributed by atoms with Gasteiger partial charge in [0.25, 0.3) is 0 Å². The zero-order valence-electron chi connectivity index (χ0n) is 14.1. The molecule has 0 radical (unpaired) electrons. The van der Waals surface area contributed by atoms with E-state index in [1.165, 1.54) is 6.92 Å². The lowest BCUT2D eigenvalue weighted by Gasteiger charge is -2.40. The van der Waals surface area contributed by atoms with Gasteiger partial charge >= 0.3 is 11.9 Å². The second-order valence-corrected chi connectivity index (χ2v) is 7.88. The molecule has 22 heavy (non-hydrogen) atoms. The smallest absolute Gasteiger partial charge is 0.311 e. The third-order valence-electron chi connectivity index (χ3n) is 5.05. The summed E-state index contributed by atoms with van der Waals surface area (Å²) in [5.74, 6) is -0.469. The van der Waals surface area contributed by atoms with Crippen LogP contribution < -0.4 is 0 Å². The molecule has 0 aromatic heterocycles. The third kappa shape index (κ3) is 3.18. The minimum absolute atomic E-state index is 0.0598. The Bertz CT molecular complexity index is 490. The Kier molecular flexibility index (Phi) is 4.37. The van der Waals surface area contributed by atoms with Crippen molar-refractivity contribution in [2.45, 2.75) is 72.5 Å². The quantitative estimate of drug-likeness (QED) is 0.733. The summed E-state index contributed by atoms with van der Waals surface area (Å²) in [6, 6.07) is 0. The molecule has 0 saturated heterocycles. The molecule has 5 heteroatoms. The van der Waals surface area contributed by atoms with Crippen molar-refractivity contribution in [3.63, 3.8) is 0 Å². The molecule has 0 amide bonds. The molecule has 5 nitrogen and oxygen atoms in total. The van der Waals surface area contributed by atoms with Crippen LogP contribution in [0.4, 0.5) is 0 Å². The summed E-state index contributed by atoms with van der Waals surface area (Å²) in [6.45, 7) is 8.87. The summed E-state index contributed by atoms with van der Waals surface area (Å²) < 4.78 is 11.2. The normalized spacial score (nSPS) is 35.0. The van der Waals surface area contributed by atoms with Crippen LogP contribution in [0.2, 0.25) is 0 Å². The van der Waals surface area contributed by atoms with Crippen LogP contribution in [0.15, 0.2) is 0 Å². The Hall–Kier alpha value is -1.39. The zero-order chi connectivity index (χ0) is 16.7. The molecule has 2 rings (SSSR count). The molecule has 4 atom stereocenters. The van der Waals surface area contributed by atoms with Crippen molar-refractivity contribution in [2.75, 3.05) is 0 Å². The number of rotatable bonds is 2. The monoisotopic (exact) mass is 310 g/mol. The number of esters is 2. The number of hydrogen-bond acceptors (Lipinski definition) is 5. The highest BCUT2D eigenvalue weighted by Gasteiger charge is 2.57. The second kappa shape index (κ2) is 5.67. The van der Waals surface area contributed by atoms with Crippen molar-refractivity contribution in [1.29, 1.82) is 0 Å². The summed E-state index contributed by atoms with van der Waals surface area (Å²) in [4.78, 5) is 35.4. The van der Waals surface area contributed by atoms with Crippen LogP contribution in [0, 0.1) is 16.7 Å². The molecule has 0 aromatic carbocycles. The molecule has 0 aliphatic heterocycles. The largest absolute Gasteiger partial charge is 0.462 e. The van der Waals surface area contributed by atoms with Gasteiger partial charge in [0, 0.05) is 37.5 Å². The fraction of sp³-hybridized carbons (Fsp3) is 0.824. The van der Waals surface area contributed by atoms with Crippen molar-refractivity contribution in [3.8, 4) is 0 Å². The third-order valence-corrected chi connectivity index (χ3v) is 5.05. The van der Waals surface area contributed by atoms with E-state index in [-0.39, 0.29) is 41.3 Å². The van der Waals surface area contributed by atoms with Crippen LogP contribution in [0.1, 0.15) is 60.3 Å². The first kappa shape index (κ1) is 17.0. The summed E-state index contributed by atoms with van der Waals surface area (Å²) in [6.07, 6.45) is 1.42. The van der Waals surface area contributed by atoms with Crippen molar-refractivity contribution in [2.24, 2.45) is 16.7 Å². The van der Waals surface area contributed by atoms with E-state index in [1.54, 1.807) is 0 Å². The summed E-state index contributed by atoms with van der Waals surface area (Å²) in [7, 11) is 0. The Morgan fingerprint density at radius 1 is 1.23 bits per heavy atom. The van der Waals surface area contributed by atoms with Crippen molar-refractivity contribution < 1.29 is 23.9 Å². The van der Waals surface area contributed by atoms with Gasteiger partial charge in [-0.1, -0.05) is 6.92 Å². The van der Waals surface area contributed by atoms with Crippen LogP contribution in [-0.4, -0.2) is 29.9 Å². The highest BCUT2D eigenvalue weighted by molar-refractivity contribution is 5.80. The second-order valence-electron chi connectivity index (χ2n) is 7.88. The van der Waals surface area contributed by atoms with Crippen LogP contribution in [0.3, 0.4) is 0 Å². The van der Waals surface area contributed by atoms with E-state index < -0.39 is 5.41 Å². The standard InChI is InChI=1S/C17H26O5/c1-10(18)21-13-9-14(22-15(20)16(2,3)4)17(5)7-6-11(19)8-12(13)17/h12-14H,6-9H2,1-5H3/t12-,13+,14+,17+/m1/s1. The average molecular weight is 310 g/mol. The number of Topliss-reactive ketones (excluding diaryl/α,β-unsaturated/α-hetero) is 1. The molecular formula is C17H26O5. The average Bonchev–Trinajstić information content (AvgIpc) is 2.62. The van der Waals surface area contributed by atoms with Crippen molar-refractivity contribution >= 4 is 17.7 Å². The maximum absolute atomic E-state index is 12.2. The lowest BCUT2D eigenvalue weighted by molar-refractivity contribution is -0.166. The first-order valence-electron chi connectivity index (χ1n) is 7.94. The van der Waals surface area contributed by atoms with E-state index in [0.717, 1.165) is 0 Å². The first-order valence-corrected chi connectivity index (χ1v) is 7.94. The summed E-state index contributed by atoms with van der Waals surface area (Å²) in [5.41, 5.74) is -0.870. The van der Waals surface area contributed by atoms with E-state index in [2.05, 4.69) is 0 Å². The number of ether oxygens (including phenoxy) is 2. The number of hydrogen-bond donors (Lipinski definition) is 0.